The maximum atomic E-state index is 12.1. The van der Waals surface area contributed by atoms with Gasteiger partial charge in [0.25, 0.3) is 0 Å². The fourth-order valence-corrected chi connectivity index (χ4v) is 2.53. The second-order valence-electron chi connectivity index (χ2n) is 6.37. The highest BCUT2D eigenvalue weighted by molar-refractivity contribution is 5.76. The molecule has 0 unspecified atom stereocenters. The molecule has 1 aliphatic rings. The third kappa shape index (κ3) is 5.61. The fraction of sp³-hybridized carbons (Fsp3) is 0.857. The van der Waals surface area contributed by atoms with Crippen molar-refractivity contribution in [3.05, 3.63) is 10.4 Å². The van der Waals surface area contributed by atoms with E-state index in [-0.39, 0.29) is 13.0 Å². The van der Waals surface area contributed by atoms with Crippen LogP contribution in [0.25, 0.3) is 10.4 Å². The van der Waals surface area contributed by atoms with Gasteiger partial charge in [-0.1, -0.05) is 5.11 Å². The molecule has 0 bridgehead atoms. The second-order valence-corrected chi connectivity index (χ2v) is 6.37. The van der Waals surface area contributed by atoms with E-state index in [9.17, 15) is 14.7 Å². The Hall–Kier alpha value is -1.99. The lowest BCUT2D eigenvalue weighted by Gasteiger charge is -2.38. The van der Waals surface area contributed by atoms with Crippen molar-refractivity contribution in [2.75, 3.05) is 6.61 Å². The van der Waals surface area contributed by atoms with Gasteiger partial charge in [-0.05, 0) is 46.1 Å². The molecule has 0 aromatic rings. The van der Waals surface area contributed by atoms with Crippen molar-refractivity contribution in [3.8, 4) is 0 Å². The number of amides is 1. The van der Waals surface area contributed by atoms with Gasteiger partial charge >= 0.3 is 12.1 Å². The van der Waals surface area contributed by atoms with E-state index < -0.39 is 41.8 Å². The highest BCUT2D eigenvalue weighted by Gasteiger charge is 2.43. The molecule has 1 amide bonds. The predicted octanol–water partition coefficient (Wildman–Crippen LogP) is 1.89. The summed E-state index contributed by atoms with van der Waals surface area (Å²) in [6.07, 6.45) is -1.10. The van der Waals surface area contributed by atoms with E-state index in [1.807, 2.05) is 0 Å². The van der Waals surface area contributed by atoms with Crippen LogP contribution in [-0.2, 0) is 14.3 Å². The summed E-state index contributed by atoms with van der Waals surface area (Å²) in [5, 5.41) is 16.1. The molecule has 1 saturated carbocycles. The van der Waals surface area contributed by atoms with E-state index in [0.29, 0.717) is 6.42 Å². The monoisotopic (exact) mass is 328 g/mol. The third-order valence-electron chi connectivity index (χ3n) is 3.43. The number of aliphatic hydroxyl groups is 1. The van der Waals surface area contributed by atoms with Crippen LogP contribution < -0.4 is 5.32 Å². The van der Waals surface area contributed by atoms with Gasteiger partial charge in [-0.15, -0.1) is 0 Å². The number of hydrogen-bond acceptors (Lipinski definition) is 6. The molecule has 0 aromatic heterocycles. The summed E-state index contributed by atoms with van der Waals surface area (Å²) in [6, 6.07) is -1.85. The van der Waals surface area contributed by atoms with Crippen LogP contribution in [0.2, 0.25) is 0 Å². The average molecular weight is 328 g/mol. The normalized spacial score (nSPS) is 27.5. The first-order valence-electron chi connectivity index (χ1n) is 7.58. The van der Waals surface area contributed by atoms with Crippen LogP contribution in [0.15, 0.2) is 5.11 Å². The van der Waals surface area contributed by atoms with Gasteiger partial charge in [0, 0.05) is 4.91 Å². The van der Waals surface area contributed by atoms with Gasteiger partial charge in [0.15, 0.2) is 0 Å². The zero-order chi connectivity index (χ0) is 17.6. The Morgan fingerprint density at radius 3 is 2.57 bits per heavy atom. The first-order valence-corrected chi connectivity index (χ1v) is 7.58. The number of alkyl carbamates (subject to hydrolysis) is 1. The number of rotatable bonds is 4. The van der Waals surface area contributed by atoms with Gasteiger partial charge < -0.3 is 19.9 Å². The SMILES string of the molecule is CCOC(=O)[C@@H]1CC[C@H](O)[C@@H](N=[N+]=[N-])[C@@H]1NC(=O)OC(C)(C)C. The van der Waals surface area contributed by atoms with E-state index in [0.717, 1.165) is 0 Å². The molecule has 2 N–H and O–H groups in total. The number of esters is 1. The Morgan fingerprint density at radius 1 is 1.39 bits per heavy atom. The highest BCUT2D eigenvalue weighted by Crippen LogP contribution is 2.29. The van der Waals surface area contributed by atoms with Crippen LogP contribution in [0.4, 0.5) is 4.79 Å². The Bertz CT molecular complexity index is 484. The summed E-state index contributed by atoms with van der Waals surface area (Å²) in [4.78, 5) is 26.8. The number of azide groups is 1. The molecular formula is C14H24N4O5. The van der Waals surface area contributed by atoms with E-state index in [2.05, 4.69) is 15.3 Å². The van der Waals surface area contributed by atoms with Gasteiger partial charge in [0.1, 0.15) is 5.60 Å². The molecule has 130 valence electrons. The summed E-state index contributed by atoms with van der Waals surface area (Å²) >= 11 is 0. The number of hydrogen-bond donors (Lipinski definition) is 2. The minimum Gasteiger partial charge on any atom is -0.466 e. The van der Waals surface area contributed by atoms with Crippen LogP contribution in [-0.4, -0.2) is 47.6 Å². The van der Waals surface area contributed by atoms with Gasteiger partial charge in [-0.25, -0.2) is 4.79 Å². The zero-order valence-electron chi connectivity index (χ0n) is 13.9. The van der Waals surface area contributed by atoms with Crippen molar-refractivity contribution in [2.45, 2.75) is 64.3 Å². The summed E-state index contributed by atoms with van der Waals surface area (Å²) in [7, 11) is 0. The molecule has 0 aliphatic heterocycles. The summed E-state index contributed by atoms with van der Waals surface area (Å²) in [5.41, 5.74) is 7.97. The maximum Gasteiger partial charge on any atom is 0.407 e. The lowest BCUT2D eigenvalue weighted by Crippen LogP contribution is -2.57. The van der Waals surface area contributed by atoms with Crippen molar-refractivity contribution in [3.63, 3.8) is 0 Å². The van der Waals surface area contributed by atoms with E-state index >= 15 is 0 Å². The smallest absolute Gasteiger partial charge is 0.407 e. The molecule has 1 aliphatic carbocycles. The van der Waals surface area contributed by atoms with Gasteiger partial charge in [-0.2, -0.15) is 0 Å². The fourth-order valence-electron chi connectivity index (χ4n) is 2.53. The third-order valence-corrected chi connectivity index (χ3v) is 3.43. The minimum atomic E-state index is -0.962. The summed E-state index contributed by atoms with van der Waals surface area (Å²) < 4.78 is 10.2. The van der Waals surface area contributed by atoms with Crippen LogP contribution in [0.1, 0.15) is 40.5 Å². The molecule has 0 aromatic carbocycles. The topological polar surface area (TPSA) is 134 Å². The van der Waals surface area contributed by atoms with Gasteiger partial charge in [0.05, 0.1) is 30.7 Å². The molecule has 0 heterocycles. The molecule has 9 nitrogen and oxygen atoms in total. The molecular weight excluding hydrogens is 304 g/mol. The molecule has 1 rings (SSSR count). The van der Waals surface area contributed by atoms with Crippen LogP contribution in [0.5, 0.6) is 0 Å². The maximum absolute atomic E-state index is 12.1. The number of nitrogens with one attached hydrogen (secondary N) is 1. The number of ether oxygens (including phenoxy) is 2. The molecule has 23 heavy (non-hydrogen) atoms. The van der Waals surface area contributed by atoms with Crippen molar-refractivity contribution >= 4 is 12.1 Å². The van der Waals surface area contributed by atoms with Crippen LogP contribution >= 0.6 is 0 Å². The Kier molecular flexibility index (Phi) is 6.65. The molecule has 0 spiro atoms. The number of aliphatic hydroxyl groups excluding tert-OH is 1. The molecule has 4 atom stereocenters. The Morgan fingerprint density at radius 2 is 2.04 bits per heavy atom. The average Bonchev–Trinajstić information content (AvgIpc) is 2.41. The lowest BCUT2D eigenvalue weighted by atomic mass is 9.79. The molecule has 0 saturated heterocycles. The van der Waals surface area contributed by atoms with Gasteiger partial charge in [-0.3, -0.25) is 4.79 Å². The second kappa shape index (κ2) is 8.03. The van der Waals surface area contributed by atoms with Crippen molar-refractivity contribution < 1.29 is 24.2 Å². The standard InChI is InChI=1S/C14H24N4O5/c1-5-22-12(20)8-6-7-9(19)11(17-18-15)10(8)16-13(21)23-14(2,3)4/h8-11,19H,5-7H2,1-4H3,(H,16,21)/t8-,9+,10-,11-/m1/s1. The summed E-state index contributed by atoms with van der Waals surface area (Å²) in [5.74, 6) is -1.21. The number of carbonyl (C=O) groups is 2. The Labute approximate surface area is 135 Å². The first-order chi connectivity index (χ1) is 10.7. The lowest BCUT2D eigenvalue weighted by molar-refractivity contribution is -0.151. The van der Waals surface area contributed by atoms with Crippen LogP contribution in [0, 0.1) is 5.92 Å². The van der Waals surface area contributed by atoms with Gasteiger partial charge in [0.2, 0.25) is 0 Å². The van der Waals surface area contributed by atoms with Crippen molar-refractivity contribution in [2.24, 2.45) is 11.0 Å². The van der Waals surface area contributed by atoms with Crippen molar-refractivity contribution in [1.29, 1.82) is 0 Å². The summed E-state index contributed by atoms with van der Waals surface area (Å²) in [6.45, 7) is 6.99. The zero-order valence-corrected chi connectivity index (χ0v) is 13.9. The highest BCUT2D eigenvalue weighted by atomic mass is 16.6. The number of carbonyl (C=O) groups excluding carboxylic acids is 2. The van der Waals surface area contributed by atoms with E-state index in [4.69, 9.17) is 15.0 Å². The molecule has 1 fully saturated rings. The van der Waals surface area contributed by atoms with E-state index in [1.165, 1.54) is 0 Å². The van der Waals surface area contributed by atoms with Crippen LogP contribution in [0.3, 0.4) is 0 Å². The predicted molar refractivity (Wildman–Crippen MR) is 81.5 cm³/mol. The first kappa shape index (κ1) is 19.1. The Balaban J connectivity index is 2.99. The minimum absolute atomic E-state index is 0.198. The molecule has 9 heteroatoms. The largest absolute Gasteiger partial charge is 0.466 e. The molecule has 0 radical (unpaired) electrons. The van der Waals surface area contributed by atoms with Crippen molar-refractivity contribution in [1.82, 2.24) is 5.32 Å². The quantitative estimate of drug-likeness (QED) is 0.352. The number of nitrogens with zero attached hydrogens (tertiary/aromatic N) is 3. The van der Waals surface area contributed by atoms with E-state index in [1.54, 1.807) is 27.7 Å².